The minimum atomic E-state index is -0.137. The maximum Gasteiger partial charge on any atom is 0.153 e. The molecule has 0 fully saturated rings. The molecule has 0 amide bonds. The third kappa shape index (κ3) is 4.85. The summed E-state index contributed by atoms with van der Waals surface area (Å²) >= 11 is 0. The molecule has 4 heteroatoms. The van der Waals surface area contributed by atoms with E-state index in [2.05, 4.69) is 181 Å². The lowest BCUT2D eigenvalue weighted by Gasteiger charge is -2.34. The van der Waals surface area contributed by atoms with E-state index in [0.29, 0.717) is 0 Å². The van der Waals surface area contributed by atoms with Gasteiger partial charge >= 0.3 is 0 Å². The predicted octanol–water partition coefficient (Wildman–Crippen LogP) is 14.6. The van der Waals surface area contributed by atoms with Gasteiger partial charge in [0, 0.05) is 50.6 Å². The normalized spacial score (nSPS) is 13.5. The molecule has 262 valence electrons. The molecule has 2 heterocycles. The fourth-order valence-corrected chi connectivity index (χ4v) is 8.78. The highest BCUT2D eigenvalue weighted by Gasteiger charge is 2.36. The van der Waals surface area contributed by atoms with E-state index in [1.165, 1.54) is 22.3 Å². The lowest BCUT2D eigenvalue weighted by Crippen LogP contribution is -2.18. The molecule has 1 aliphatic carbocycles. The fraction of sp³-hybridized carbons (Fsp3) is 0.0588. The van der Waals surface area contributed by atoms with Gasteiger partial charge in [0.15, 0.2) is 11.5 Å². The van der Waals surface area contributed by atoms with Gasteiger partial charge in [-0.2, -0.15) is 0 Å². The minimum Gasteiger partial charge on any atom is -0.455 e. The second kappa shape index (κ2) is 12.0. The summed E-state index contributed by atoms with van der Waals surface area (Å²) in [4.78, 5) is 4.63. The molecule has 55 heavy (non-hydrogen) atoms. The van der Waals surface area contributed by atoms with Crippen LogP contribution in [0.2, 0.25) is 0 Å². The zero-order valence-electron chi connectivity index (χ0n) is 30.5. The topological polar surface area (TPSA) is 28.9 Å². The summed E-state index contributed by atoms with van der Waals surface area (Å²) in [6.45, 7) is 4.67. The highest BCUT2D eigenvalue weighted by atomic mass is 16.5. The number of fused-ring (bicyclic) bond motifs is 8. The molecule has 9 aromatic rings. The van der Waals surface area contributed by atoms with Crippen LogP contribution in [0.15, 0.2) is 186 Å². The summed E-state index contributed by atoms with van der Waals surface area (Å²) in [5.74, 6) is 1.62. The van der Waals surface area contributed by atoms with Crippen LogP contribution in [0.1, 0.15) is 25.0 Å². The van der Waals surface area contributed by atoms with Crippen LogP contribution in [0.3, 0.4) is 0 Å². The SMILES string of the molecule is CC1(C)c2ccccc2-c2ccc(N(c3ccc(-c4cccc5c4oc4ccccc45)cc3)c3ccc4c(c3)Oc3ccccc3N4c3ccccc3)cc21. The molecule has 0 atom stereocenters. The molecule has 0 spiro atoms. The Kier molecular flexibility index (Phi) is 6.86. The van der Waals surface area contributed by atoms with Crippen LogP contribution >= 0.6 is 0 Å². The number of benzene rings is 8. The Morgan fingerprint density at radius 2 is 1.13 bits per heavy atom. The van der Waals surface area contributed by atoms with Crippen LogP contribution in [-0.4, -0.2) is 0 Å². The van der Waals surface area contributed by atoms with Crippen molar-refractivity contribution in [2.45, 2.75) is 19.3 Å². The lowest BCUT2D eigenvalue weighted by molar-refractivity contribution is 0.477. The predicted molar refractivity (Wildman–Crippen MR) is 226 cm³/mol. The monoisotopic (exact) mass is 708 g/mol. The number of para-hydroxylation sites is 5. The average molecular weight is 709 g/mol. The molecular formula is C51H36N2O2. The highest BCUT2D eigenvalue weighted by molar-refractivity contribution is 6.09. The second-order valence-electron chi connectivity index (χ2n) is 15.0. The first-order chi connectivity index (χ1) is 27.0. The minimum absolute atomic E-state index is 0.137. The van der Waals surface area contributed by atoms with Crippen molar-refractivity contribution in [1.29, 1.82) is 0 Å². The van der Waals surface area contributed by atoms with Crippen LogP contribution in [0.4, 0.5) is 34.1 Å². The number of furan rings is 1. The Hall–Kier alpha value is -7.04. The first kappa shape index (κ1) is 31.5. The molecule has 4 nitrogen and oxygen atoms in total. The number of nitrogens with zero attached hydrogens (tertiary/aromatic N) is 2. The Morgan fingerprint density at radius 3 is 2.02 bits per heavy atom. The van der Waals surface area contributed by atoms with E-state index in [1.807, 2.05) is 24.3 Å². The number of ether oxygens (including phenoxy) is 1. The van der Waals surface area contributed by atoms with Gasteiger partial charge in [0.25, 0.3) is 0 Å². The van der Waals surface area contributed by atoms with Gasteiger partial charge in [0.2, 0.25) is 0 Å². The van der Waals surface area contributed by atoms with Gasteiger partial charge in [-0.3, -0.25) is 0 Å². The third-order valence-corrected chi connectivity index (χ3v) is 11.4. The van der Waals surface area contributed by atoms with E-state index in [-0.39, 0.29) is 5.41 Å². The van der Waals surface area contributed by atoms with Crippen molar-refractivity contribution in [2.24, 2.45) is 0 Å². The molecule has 8 aromatic carbocycles. The van der Waals surface area contributed by atoms with Crippen LogP contribution in [-0.2, 0) is 5.41 Å². The maximum absolute atomic E-state index is 6.71. The summed E-state index contributed by atoms with van der Waals surface area (Å²) < 4.78 is 13.1. The van der Waals surface area contributed by atoms with Gasteiger partial charge < -0.3 is 19.0 Å². The smallest absolute Gasteiger partial charge is 0.153 e. The number of anilines is 6. The Balaban J connectivity index is 1.06. The van der Waals surface area contributed by atoms with Crippen LogP contribution in [0.25, 0.3) is 44.2 Å². The summed E-state index contributed by atoms with van der Waals surface area (Å²) in [5.41, 5.74) is 15.4. The average Bonchev–Trinajstić information content (AvgIpc) is 3.72. The quantitative estimate of drug-likeness (QED) is 0.178. The van der Waals surface area contributed by atoms with Crippen molar-refractivity contribution >= 4 is 56.1 Å². The number of hydrogen-bond acceptors (Lipinski definition) is 4. The number of rotatable bonds is 5. The molecule has 2 aliphatic rings. The molecule has 0 saturated heterocycles. The van der Waals surface area contributed by atoms with Crippen molar-refractivity contribution in [3.8, 4) is 33.8 Å². The number of hydrogen-bond donors (Lipinski definition) is 0. The summed E-state index contributed by atoms with van der Waals surface area (Å²) in [5, 5.41) is 2.26. The van der Waals surface area contributed by atoms with E-state index in [4.69, 9.17) is 9.15 Å². The van der Waals surface area contributed by atoms with Crippen LogP contribution < -0.4 is 14.5 Å². The standard InChI is InChI=1S/C51H36N2O2/c1-51(2)43-19-8-6-15-39(43)40-29-27-36(31-44(40)51)52(35-25-23-33(24-26-35)38-17-12-18-42-41-16-7-10-21-47(41)55-50(38)42)37-28-30-46-49(32-37)54-48-22-11-9-20-45(48)53(46)34-13-4-3-5-14-34/h3-32H,1-2H3. The molecule has 0 unspecified atom stereocenters. The van der Waals surface area contributed by atoms with Gasteiger partial charge in [0.1, 0.15) is 11.2 Å². The maximum atomic E-state index is 6.71. The molecule has 0 saturated carbocycles. The molecule has 0 radical (unpaired) electrons. The molecule has 1 aromatic heterocycles. The van der Waals surface area contributed by atoms with Gasteiger partial charge in [0.05, 0.1) is 11.4 Å². The van der Waals surface area contributed by atoms with Crippen molar-refractivity contribution in [1.82, 2.24) is 0 Å². The summed E-state index contributed by atoms with van der Waals surface area (Å²) in [6, 6.07) is 64.6. The first-order valence-corrected chi connectivity index (χ1v) is 18.8. The zero-order chi connectivity index (χ0) is 36.7. The summed E-state index contributed by atoms with van der Waals surface area (Å²) in [7, 11) is 0. The van der Waals surface area contributed by atoms with E-state index in [1.54, 1.807) is 0 Å². The molecule has 1 aliphatic heterocycles. The molecule has 11 rings (SSSR count). The van der Waals surface area contributed by atoms with E-state index in [0.717, 1.165) is 78.7 Å². The third-order valence-electron chi connectivity index (χ3n) is 11.4. The van der Waals surface area contributed by atoms with Gasteiger partial charge in [-0.25, -0.2) is 0 Å². The molecular weight excluding hydrogens is 673 g/mol. The molecule has 0 bridgehead atoms. The van der Waals surface area contributed by atoms with Gasteiger partial charge in [-0.05, 0) is 94.5 Å². The van der Waals surface area contributed by atoms with Crippen LogP contribution in [0, 0.1) is 0 Å². The fourth-order valence-electron chi connectivity index (χ4n) is 8.78. The molecule has 0 N–H and O–H groups in total. The van der Waals surface area contributed by atoms with Gasteiger partial charge in [-0.1, -0.05) is 123 Å². The van der Waals surface area contributed by atoms with Crippen molar-refractivity contribution in [3.05, 3.63) is 193 Å². The van der Waals surface area contributed by atoms with Crippen LogP contribution in [0.5, 0.6) is 11.5 Å². The Labute approximate surface area is 320 Å². The zero-order valence-corrected chi connectivity index (χ0v) is 30.5. The van der Waals surface area contributed by atoms with Crippen molar-refractivity contribution in [3.63, 3.8) is 0 Å². The highest BCUT2D eigenvalue weighted by Crippen LogP contribution is 2.54. The van der Waals surface area contributed by atoms with E-state index >= 15 is 0 Å². The van der Waals surface area contributed by atoms with E-state index < -0.39 is 0 Å². The van der Waals surface area contributed by atoms with Gasteiger partial charge in [-0.15, -0.1) is 0 Å². The van der Waals surface area contributed by atoms with E-state index in [9.17, 15) is 0 Å². The van der Waals surface area contributed by atoms with Crippen molar-refractivity contribution in [2.75, 3.05) is 9.80 Å². The Morgan fingerprint density at radius 1 is 0.473 bits per heavy atom. The lowest BCUT2D eigenvalue weighted by atomic mass is 9.82. The largest absolute Gasteiger partial charge is 0.455 e. The first-order valence-electron chi connectivity index (χ1n) is 18.8. The van der Waals surface area contributed by atoms with Crippen molar-refractivity contribution < 1.29 is 9.15 Å². The summed E-state index contributed by atoms with van der Waals surface area (Å²) in [6.07, 6.45) is 0. The Bertz CT molecular complexity index is 2940. The second-order valence-corrected chi connectivity index (χ2v) is 15.0.